The van der Waals surface area contributed by atoms with Crippen LogP contribution in [0.3, 0.4) is 0 Å². The summed E-state index contributed by atoms with van der Waals surface area (Å²) in [6, 6.07) is 5.55. The highest BCUT2D eigenvalue weighted by molar-refractivity contribution is 7.89. The van der Waals surface area contributed by atoms with E-state index in [4.69, 9.17) is 0 Å². The molecular formula is C16H13F4N3O4S. The SMILES string of the molecule is O=C1C(NS(=O)(=O)c2ccc(F)nc2)CCN1c1cccc(OC(F)(F)F)c1. The molecule has 1 aromatic carbocycles. The maximum absolute atomic E-state index is 12.8. The van der Waals surface area contributed by atoms with Crippen LogP contribution in [0.2, 0.25) is 0 Å². The fourth-order valence-corrected chi connectivity index (χ4v) is 3.84. The maximum atomic E-state index is 12.8. The van der Waals surface area contributed by atoms with E-state index in [-0.39, 0.29) is 23.5 Å². The highest BCUT2D eigenvalue weighted by Crippen LogP contribution is 2.29. The molecule has 1 fully saturated rings. The van der Waals surface area contributed by atoms with Crippen molar-refractivity contribution in [3.8, 4) is 5.75 Å². The molecule has 1 aromatic heterocycles. The molecule has 7 nitrogen and oxygen atoms in total. The summed E-state index contributed by atoms with van der Waals surface area (Å²) >= 11 is 0. The quantitative estimate of drug-likeness (QED) is 0.593. The van der Waals surface area contributed by atoms with Crippen LogP contribution in [0, 0.1) is 5.95 Å². The molecule has 1 aliphatic rings. The number of aromatic nitrogens is 1. The average Bonchev–Trinajstić information content (AvgIpc) is 2.94. The number of carbonyl (C=O) groups excluding carboxylic acids is 1. The van der Waals surface area contributed by atoms with Crippen molar-refractivity contribution in [3.63, 3.8) is 0 Å². The topological polar surface area (TPSA) is 88.6 Å². The minimum atomic E-state index is -4.88. The van der Waals surface area contributed by atoms with Crippen molar-refractivity contribution in [2.45, 2.75) is 23.7 Å². The van der Waals surface area contributed by atoms with Crippen molar-refractivity contribution in [1.82, 2.24) is 9.71 Å². The molecule has 1 N–H and O–H groups in total. The summed E-state index contributed by atoms with van der Waals surface area (Å²) in [5.74, 6) is -2.00. The van der Waals surface area contributed by atoms with Gasteiger partial charge in [0.1, 0.15) is 16.7 Å². The number of rotatable bonds is 5. The van der Waals surface area contributed by atoms with Crippen LogP contribution in [0.4, 0.5) is 23.2 Å². The Kier molecular flexibility index (Phi) is 5.26. The smallest absolute Gasteiger partial charge is 0.406 e. The predicted molar refractivity (Wildman–Crippen MR) is 88.4 cm³/mol. The number of halogens is 4. The summed E-state index contributed by atoms with van der Waals surface area (Å²) in [6.07, 6.45) is -3.97. The minimum absolute atomic E-state index is 0.0865. The van der Waals surface area contributed by atoms with E-state index >= 15 is 0 Å². The first-order valence-corrected chi connectivity index (χ1v) is 9.34. The van der Waals surface area contributed by atoms with E-state index in [1.165, 1.54) is 12.1 Å². The molecule has 0 aliphatic carbocycles. The number of benzene rings is 1. The summed E-state index contributed by atoms with van der Waals surface area (Å²) in [5.41, 5.74) is 0.136. The molecule has 1 atom stereocenters. The third-order valence-corrected chi connectivity index (χ3v) is 5.33. The molecular weight excluding hydrogens is 406 g/mol. The first-order valence-electron chi connectivity index (χ1n) is 7.86. The lowest BCUT2D eigenvalue weighted by atomic mass is 10.2. The van der Waals surface area contributed by atoms with Gasteiger partial charge >= 0.3 is 6.36 Å². The predicted octanol–water partition coefficient (Wildman–Crippen LogP) is 2.20. The highest BCUT2D eigenvalue weighted by Gasteiger charge is 2.36. The van der Waals surface area contributed by atoms with E-state index in [1.807, 2.05) is 0 Å². The molecule has 0 saturated carbocycles. The molecule has 2 aromatic rings. The molecule has 1 saturated heterocycles. The van der Waals surface area contributed by atoms with Gasteiger partial charge in [-0.2, -0.15) is 9.11 Å². The van der Waals surface area contributed by atoms with Gasteiger partial charge < -0.3 is 9.64 Å². The van der Waals surface area contributed by atoms with Crippen LogP contribution in [0.1, 0.15) is 6.42 Å². The molecule has 150 valence electrons. The van der Waals surface area contributed by atoms with Crippen LogP contribution in [-0.4, -0.2) is 38.3 Å². The van der Waals surface area contributed by atoms with Gasteiger partial charge in [0, 0.05) is 18.3 Å². The monoisotopic (exact) mass is 419 g/mol. The number of sulfonamides is 1. The Labute approximate surface area is 157 Å². The number of nitrogens with zero attached hydrogens (tertiary/aromatic N) is 2. The van der Waals surface area contributed by atoms with E-state index in [0.29, 0.717) is 0 Å². The Balaban J connectivity index is 1.74. The number of hydrogen-bond acceptors (Lipinski definition) is 5. The highest BCUT2D eigenvalue weighted by atomic mass is 32.2. The summed E-state index contributed by atoms with van der Waals surface area (Å²) < 4.78 is 80.6. The molecule has 1 unspecified atom stereocenters. The van der Waals surface area contributed by atoms with Gasteiger partial charge in [-0.1, -0.05) is 6.07 Å². The summed E-state index contributed by atoms with van der Waals surface area (Å²) in [7, 11) is -4.13. The zero-order chi connectivity index (χ0) is 20.5. The van der Waals surface area contributed by atoms with Gasteiger partial charge in [-0.25, -0.2) is 13.4 Å². The van der Waals surface area contributed by atoms with Crippen LogP contribution in [0.5, 0.6) is 5.75 Å². The van der Waals surface area contributed by atoms with Crippen LogP contribution < -0.4 is 14.4 Å². The lowest BCUT2D eigenvalue weighted by Crippen LogP contribution is -2.41. The van der Waals surface area contributed by atoms with Crippen LogP contribution in [0.15, 0.2) is 47.5 Å². The number of hydrogen-bond donors (Lipinski definition) is 1. The molecule has 0 radical (unpaired) electrons. The fourth-order valence-electron chi connectivity index (χ4n) is 2.67. The van der Waals surface area contributed by atoms with Crippen molar-refractivity contribution in [3.05, 3.63) is 48.5 Å². The second kappa shape index (κ2) is 7.36. The molecule has 1 aliphatic heterocycles. The second-order valence-corrected chi connectivity index (χ2v) is 7.53. The first-order chi connectivity index (χ1) is 13.0. The van der Waals surface area contributed by atoms with Crippen LogP contribution in [-0.2, 0) is 14.8 Å². The summed E-state index contributed by atoms with van der Waals surface area (Å²) in [5, 5.41) is 0. The molecule has 0 spiro atoms. The van der Waals surface area contributed by atoms with Gasteiger partial charge in [0.25, 0.3) is 0 Å². The van der Waals surface area contributed by atoms with Gasteiger partial charge in [0.15, 0.2) is 0 Å². The molecule has 1 amide bonds. The summed E-state index contributed by atoms with van der Waals surface area (Å²) in [4.78, 5) is 16.6. The van der Waals surface area contributed by atoms with E-state index < -0.39 is 40.0 Å². The van der Waals surface area contributed by atoms with Crippen molar-refractivity contribution in [2.24, 2.45) is 0 Å². The Morgan fingerprint density at radius 3 is 2.61 bits per heavy atom. The Hall–Kier alpha value is -2.73. The molecule has 3 rings (SSSR count). The number of pyridine rings is 1. The Morgan fingerprint density at radius 2 is 1.96 bits per heavy atom. The van der Waals surface area contributed by atoms with Crippen LogP contribution in [0.25, 0.3) is 0 Å². The van der Waals surface area contributed by atoms with Crippen molar-refractivity contribution < 1.29 is 35.5 Å². The number of ether oxygens (including phenoxy) is 1. The Morgan fingerprint density at radius 1 is 1.21 bits per heavy atom. The van der Waals surface area contributed by atoms with Gasteiger partial charge in [-0.3, -0.25) is 4.79 Å². The van der Waals surface area contributed by atoms with Crippen molar-refractivity contribution >= 4 is 21.6 Å². The van der Waals surface area contributed by atoms with Gasteiger partial charge in [-0.15, -0.1) is 13.2 Å². The number of carbonyl (C=O) groups is 1. The average molecular weight is 419 g/mol. The molecule has 0 bridgehead atoms. The van der Waals surface area contributed by atoms with E-state index in [0.717, 1.165) is 35.4 Å². The minimum Gasteiger partial charge on any atom is -0.406 e. The fraction of sp³-hybridized carbons (Fsp3) is 0.250. The van der Waals surface area contributed by atoms with Gasteiger partial charge in [-0.05, 0) is 30.7 Å². The second-order valence-electron chi connectivity index (χ2n) is 5.81. The molecule has 28 heavy (non-hydrogen) atoms. The molecule has 2 heterocycles. The van der Waals surface area contributed by atoms with Crippen LogP contribution >= 0.6 is 0 Å². The normalized spacial score (nSPS) is 17.8. The van der Waals surface area contributed by atoms with E-state index in [9.17, 15) is 30.8 Å². The van der Waals surface area contributed by atoms with E-state index in [1.54, 1.807) is 0 Å². The third kappa shape index (κ3) is 4.57. The number of anilines is 1. The zero-order valence-corrected chi connectivity index (χ0v) is 14.8. The van der Waals surface area contributed by atoms with Crippen molar-refractivity contribution in [2.75, 3.05) is 11.4 Å². The summed E-state index contributed by atoms with van der Waals surface area (Å²) in [6.45, 7) is 0.0865. The number of nitrogens with one attached hydrogen (secondary N) is 1. The number of alkyl halides is 3. The first kappa shape index (κ1) is 20.0. The number of amides is 1. The lowest BCUT2D eigenvalue weighted by molar-refractivity contribution is -0.274. The lowest BCUT2D eigenvalue weighted by Gasteiger charge is -2.18. The van der Waals surface area contributed by atoms with Gasteiger partial charge in [0.2, 0.25) is 21.9 Å². The maximum Gasteiger partial charge on any atom is 0.573 e. The van der Waals surface area contributed by atoms with Crippen molar-refractivity contribution in [1.29, 1.82) is 0 Å². The third-order valence-electron chi connectivity index (χ3n) is 3.88. The standard InChI is InChI=1S/C16H13F4N3O4S/c17-14-5-4-12(9-21-14)28(25,26)22-13-6-7-23(15(13)24)10-2-1-3-11(8-10)27-16(18,19)20/h1-5,8-9,13,22H,6-7H2. The largest absolute Gasteiger partial charge is 0.573 e. The van der Waals surface area contributed by atoms with E-state index in [2.05, 4.69) is 14.4 Å². The Bertz CT molecular complexity index is 980. The molecule has 12 heteroatoms. The van der Waals surface area contributed by atoms with Gasteiger partial charge in [0.05, 0.1) is 6.20 Å². The zero-order valence-electron chi connectivity index (χ0n) is 14.0.